The predicted molar refractivity (Wildman–Crippen MR) is 70.1 cm³/mol. The zero-order valence-electron chi connectivity index (χ0n) is 9.72. The maximum absolute atomic E-state index is 4.45. The first-order valence-corrected chi connectivity index (χ1v) is 5.99. The molecule has 2 heterocycles. The largest absolute Gasteiger partial charge is 0.277 e. The Morgan fingerprint density at radius 1 is 1.00 bits per heavy atom. The quantitative estimate of drug-likeness (QED) is 0.549. The Balaban J connectivity index is 1.91. The van der Waals surface area contributed by atoms with Crippen LogP contribution in [0.3, 0.4) is 0 Å². The van der Waals surface area contributed by atoms with E-state index in [0.29, 0.717) is 0 Å². The maximum atomic E-state index is 4.45. The van der Waals surface area contributed by atoms with Crippen LogP contribution in [-0.2, 0) is 6.42 Å². The van der Waals surface area contributed by atoms with Crippen molar-refractivity contribution < 1.29 is 0 Å². The molecular weight excluding hydrogens is 222 g/mol. The summed E-state index contributed by atoms with van der Waals surface area (Å²) in [7, 11) is 0. The van der Waals surface area contributed by atoms with E-state index in [4.69, 9.17) is 0 Å². The minimum atomic E-state index is 0.958. The molecule has 1 N–H and O–H groups in total. The molecule has 0 amide bonds. The van der Waals surface area contributed by atoms with Crippen molar-refractivity contribution in [2.24, 2.45) is 0 Å². The SMILES string of the molecule is c1ccc2c(c1)Cc1c(-c3ccncc3)n[nH]c1-2. The molecule has 1 aromatic carbocycles. The highest BCUT2D eigenvalue weighted by molar-refractivity contribution is 5.80. The first kappa shape index (κ1) is 9.59. The summed E-state index contributed by atoms with van der Waals surface area (Å²) in [5.74, 6) is 0. The molecule has 0 fully saturated rings. The van der Waals surface area contributed by atoms with Gasteiger partial charge in [-0.2, -0.15) is 5.10 Å². The minimum Gasteiger partial charge on any atom is -0.277 e. The summed E-state index contributed by atoms with van der Waals surface area (Å²) in [6.45, 7) is 0. The Kier molecular flexibility index (Phi) is 1.88. The second-order valence-corrected chi connectivity index (χ2v) is 4.50. The summed E-state index contributed by atoms with van der Waals surface area (Å²) in [4.78, 5) is 4.05. The zero-order chi connectivity index (χ0) is 11.9. The zero-order valence-corrected chi connectivity index (χ0v) is 9.72. The van der Waals surface area contributed by atoms with Crippen molar-refractivity contribution in [3.05, 3.63) is 59.9 Å². The van der Waals surface area contributed by atoms with Gasteiger partial charge in [-0.15, -0.1) is 0 Å². The summed E-state index contributed by atoms with van der Waals surface area (Å²) < 4.78 is 0. The number of benzene rings is 1. The van der Waals surface area contributed by atoms with Gasteiger partial charge in [0.25, 0.3) is 0 Å². The van der Waals surface area contributed by atoms with Crippen molar-refractivity contribution in [3.8, 4) is 22.5 Å². The summed E-state index contributed by atoms with van der Waals surface area (Å²) >= 11 is 0. The minimum absolute atomic E-state index is 0.958. The summed E-state index contributed by atoms with van der Waals surface area (Å²) in [5.41, 5.74) is 7.27. The van der Waals surface area contributed by atoms with Gasteiger partial charge in [0.2, 0.25) is 0 Å². The first-order chi connectivity index (χ1) is 8.93. The van der Waals surface area contributed by atoms with Gasteiger partial charge >= 0.3 is 0 Å². The van der Waals surface area contributed by atoms with Crippen LogP contribution in [0.25, 0.3) is 22.5 Å². The molecule has 1 aliphatic rings. The predicted octanol–water partition coefficient (Wildman–Crippen LogP) is 3.04. The molecule has 0 saturated carbocycles. The van der Waals surface area contributed by atoms with Gasteiger partial charge in [-0.05, 0) is 17.7 Å². The summed E-state index contributed by atoms with van der Waals surface area (Å²) in [6.07, 6.45) is 4.57. The molecule has 18 heavy (non-hydrogen) atoms. The molecule has 3 nitrogen and oxygen atoms in total. The number of hydrogen-bond donors (Lipinski definition) is 1. The number of nitrogens with one attached hydrogen (secondary N) is 1. The van der Waals surface area contributed by atoms with E-state index in [0.717, 1.165) is 23.4 Å². The molecule has 1 aliphatic carbocycles. The van der Waals surface area contributed by atoms with E-state index < -0.39 is 0 Å². The van der Waals surface area contributed by atoms with Crippen LogP contribution in [0.5, 0.6) is 0 Å². The van der Waals surface area contributed by atoms with Crippen LogP contribution in [0.1, 0.15) is 11.1 Å². The highest BCUT2D eigenvalue weighted by Crippen LogP contribution is 2.39. The van der Waals surface area contributed by atoms with Gasteiger partial charge in [0.1, 0.15) is 0 Å². The summed E-state index contributed by atoms with van der Waals surface area (Å²) in [5, 5.41) is 7.62. The molecule has 86 valence electrons. The standard InChI is InChI=1S/C15H11N3/c1-2-4-12-11(3-1)9-13-14(17-18-15(12)13)10-5-7-16-8-6-10/h1-8H,9H2,(H,17,18). The van der Waals surface area contributed by atoms with Crippen molar-refractivity contribution in [3.63, 3.8) is 0 Å². The monoisotopic (exact) mass is 233 g/mol. The third-order valence-corrected chi connectivity index (χ3v) is 3.47. The van der Waals surface area contributed by atoms with Crippen LogP contribution in [-0.4, -0.2) is 15.2 Å². The van der Waals surface area contributed by atoms with Crippen LogP contribution in [0.4, 0.5) is 0 Å². The molecule has 3 aromatic rings. The van der Waals surface area contributed by atoms with Gasteiger partial charge in [-0.25, -0.2) is 0 Å². The van der Waals surface area contributed by atoms with Gasteiger partial charge in [-0.1, -0.05) is 24.3 Å². The Morgan fingerprint density at radius 2 is 1.83 bits per heavy atom. The molecule has 0 saturated heterocycles. The van der Waals surface area contributed by atoms with Gasteiger partial charge < -0.3 is 0 Å². The second kappa shape index (κ2) is 3.53. The number of nitrogens with zero attached hydrogens (tertiary/aromatic N) is 2. The lowest BCUT2D eigenvalue weighted by molar-refractivity contribution is 1.09. The van der Waals surface area contributed by atoms with Crippen LogP contribution >= 0.6 is 0 Å². The Bertz CT molecular complexity index is 714. The number of rotatable bonds is 1. The van der Waals surface area contributed by atoms with E-state index in [1.807, 2.05) is 12.1 Å². The molecular formula is C15H11N3. The lowest BCUT2D eigenvalue weighted by Crippen LogP contribution is -1.86. The fourth-order valence-corrected chi connectivity index (χ4v) is 2.62. The topological polar surface area (TPSA) is 41.6 Å². The molecule has 4 rings (SSSR count). The lowest BCUT2D eigenvalue weighted by Gasteiger charge is -1.99. The third kappa shape index (κ3) is 1.24. The van der Waals surface area contributed by atoms with Crippen molar-refractivity contribution in [1.29, 1.82) is 0 Å². The second-order valence-electron chi connectivity index (χ2n) is 4.50. The first-order valence-electron chi connectivity index (χ1n) is 5.99. The Hall–Kier alpha value is -2.42. The number of aromatic nitrogens is 3. The van der Waals surface area contributed by atoms with Crippen LogP contribution in [0.15, 0.2) is 48.8 Å². The van der Waals surface area contributed by atoms with Crippen LogP contribution in [0.2, 0.25) is 0 Å². The highest BCUT2D eigenvalue weighted by atomic mass is 15.1. The molecule has 3 heteroatoms. The molecule has 0 bridgehead atoms. The van der Waals surface area contributed by atoms with E-state index in [2.05, 4.69) is 39.4 Å². The molecule has 0 radical (unpaired) electrons. The number of hydrogen-bond acceptors (Lipinski definition) is 2. The molecule has 0 unspecified atom stereocenters. The fourth-order valence-electron chi connectivity index (χ4n) is 2.62. The van der Waals surface area contributed by atoms with E-state index in [1.54, 1.807) is 12.4 Å². The van der Waals surface area contributed by atoms with E-state index in [-0.39, 0.29) is 0 Å². The molecule has 0 spiro atoms. The molecule has 2 aromatic heterocycles. The van der Waals surface area contributed by atoms with Gasteiger partial charge in [0.05, 0.1) is 11.4 Å². The Morgan fingerprint density at radius 3 is 2.72 bits per heavy atom. The van der Waals surface area contributed by atoms with Gasteiger partial charge in [0, 0.05) is 35.5 Å². The molecule has 0 atom stereocenters. The number of fused-ring (bicyclic) bond motifs is 3. The van der Waals surface area contributed by atoms with Crippen molar-refractivity contribution >= 4 is 0 Å². The average molecular weight is 233 g/mol. The maximum Gasteiger partial charge on any atom is 0.0963 e. The van der Waals surface area contributed by atoms with Gasteiger partial charge in [0.15, 0.2) is 0 Å². The van der Waals surface area contributed by atoms with E-state index >= 15 is 0 Å². The summed E-state index contributed by atoms with van der Waals surface area (Å²) in [6, 6.07) is 12.5. The smallest absolute Gasteiger partial charge is 0.0963 e. The van der Waals surface area contributed by atoms with Crippen molar-refractivity contribution in [2.45, 2.75) is 6.42 Å². The van der Waals surface area contributed by atoms with E-state index in [1.165, 1.54) is 16.7 Å². The van der Waals surface area contributed by atoms with Gasteiger partial charge in [-0.3, -0.25) is 10.1 Å². The van der Waals surface area contributed by atoms with Crippen LogP contribution < -0.4 is 0 Å². The average Bonchev–Trinajstić information content (AvgIpc) is 2.98. The number of H-pyrrole nitrogens is 1. The van der Waals surface area contributed by atoms with Crippen molar-refractivity contribution in [1.82, 2.24) is 15.2 Å². The fraction of sp³-hybridized carbons (Fsp3) is 0.0667. The number of aromatic amines is 1. The lowest BCUT2D eigenvalue weighted by atomic mass is 10.1. The third-order valence-electron chi connectivity index (χ3n) is 3.47. The highest BCUT2D eigenvalue weighted by Gasteiger charge is 2.24. The van der Waals surface area contributed by atoms with E-state index in [9.17, 15) is 0 Å². The van der Waals surface area contributed by atoms with Crippen LogP contribution in [0, 0.1) is 0 Å². The molecule has 0 aliphatic heterocycles. The normalized spacial score (nSPS) is 12.2. The van der Waals surface area contributed by atoms with Crippen molar-refractivity contribution in [2.75, 3.05) is 0 Å². The Labute approximate surface area is 105 Å². The number of pyridine rings is 1.